The number of hydrogen-bond donors (Lipinski definition) is 1. The van der Waals surface area contributed by atoms with E-state index in [-0.39, 0.29) is 0 Å². The minimum atomic E-state index is -0.868. The van der Waals surface area contributed by atoms with Gasteiger partial charge in [0.05, 0.1) is 5.56 Å². The van der Waals surface area contributed by atoms with Gasteiger partial charge in [-0.05, 0) is 47.0 Å². The minimum absolute atomic E-state index is 0.369. The molecule has 1 N–H and O–H groups in total. The molecule has 0 amide bonds. The Bertz CT molecular complexity index is 312. The maximum absolute atomic E-state index is 10.6. The predicted octanol–water partition coefficient (Wildman–Crippen LogP) is 2.71. The monoisotopic (exact) mass is 294 g/mol. The summed E-state index contributed by atoms with van der Waals surface area (Å²) in [6, 6.07) is 5.32. The van der Waals surface area contributed by atoms with E-state index in [2.05, 4.69) is 0 Å². The Balaban J connectivity index is 3.12. The normalized spacial score (nSPS) is 9.83. The maximum atomic E-state index is 10.6. The second-order valence-corrected chi connectivity index (χ2v) is 4.19. The van der Waals surface area contributed by atoms with Crippen LogP contribution in [0.2, 0.25) is 0 Å². The van der Waals surface area contributed by atoms with Crippen molar-refractivity contribution in [1.29, 1.82) is 0 Å². The Morgan fingerprint density at radius 1 is 1.58 bits per heavy atom. The average Bonchev–Trinajstić information content (AvgIpc) is 2.03. The molecule has 0 atom stereocenters. The molecule has 0 bridgehead atoms. The highest BCUT2D eigenvalue weighted by atomic mass is 127. The van der Waals surface area contributed by atoms with Gasteiger partial charge >= 0.3 is 5.97 Å². The third-order valence-electron chi connectivity index (χ3n) is 1.41. The number of carbonyl (C=O) groups is 1. The topological polar surface area (TPSA) is 37.3 Å². The molecule has 0 aliphatic heterocycles. The van der Waals surface area contributed by atoms with Gasteiger partial charge < -0.3 is 5.11 Å². The van der Waals surface area contributed by atoms with Gasteiger partial charge in [0.1, 0.15) is 0 Å². The summed E-state index contributed by atoms with van der Waals surface area (Å²) in [5.74, 6) is -0.868. The summed E-state index contributed by atoms with van der Waals surface area (Å²) < 4.78 is 0.784. The van der Waals surface area contributed by atoms with E-state index in [1.165, 1.54) is 0 Å². The highest BCUT2D eigenvalue weighted by molar-refractivity contribution is 14.1. The van der Waals surface area contributed by atoms with Crippen molar-refractivity contribution in [3.8, 4) is 0 Å². The SMILES string of the molecule is CSc1ccc(C(=O)O)c(I)c1. The molecule has 1 aromatic rings. The van der Waals surface area contributed by atoms with Crippen LogP contribution in [0.5, 0.6) is 0 Å². The molecule has 0 heterocycles. The highest BCUT2D eigenvalue weighted by Crippen LogP contribution is 2.20. The summed E-state index contributed by atoms with van der Waals surface area (Å²) in [4.78, 5) is 11.7. The molecule has 64 valence electrons. The first-order valence-corrected chi connectivity index (χ1v) is 5.52. The first-order chi connectivity index (χ1) is 5.65. The van der Waals surface area contributed by atoms with E-state index in [1.54, 1.807) is 17.8 Å². The van der Waals surface area contributed by atoms with Gasteiger partial charge in [0, 0.05) is 8.47 Å². The number of hydrogen-bond acceptors (Lipinski definition) is 2. The Morgan fingerprint density at radius 2 is 2.25 bits per heavy atom. The smallest absolute Gasteiger partial charge is 0.336 e. The summed E-state index contributed by atoms with van der Waals surface area (Å²) in [6.07, 6.45) is 1.96. The van der Waals surface area contributed by atoms with E-state index in [4.69, 9.17) is 5.11 Å². The molecule has 0 aliphatic rings. The number of aromatic carboxylic acids is 1. The van der Waals surface area contributed by atoms with Crippen molar-refractivity contribution in [3.05, 3.63) is 27.3 Å². The molecule has 0 aliphatic carbocycles. The lowest BCUT2D eigenvalue weighted by Crippen LogP contribution is -1.98. The van der Waals surface area contributed by atoms with Crippen molar-refractivity contribution < 1.29 is 9.90 Å². The lowest BCUT2D eigenvalue weighted by atomic mass is 10.2. The highest BCUT2D eigenvalue weighted by Gasteiger charge is 2.07. The van der Waals surface area contributed by atoms with Crippen LogP contribution in [0, 0.1) is 3.57 Å². The zero-order chi connectivity index (χ0) is 9.14. The molecule has 0 fully saturated rings. The van der Waals surface area contributed by atoms with Gasteiger partial charge in [-0.25, -0.2) is 4.79 Å². The van der Waals surface area contributed by atoms with Gasteiger partial charge in [0.25, 0.3) is 0 Å². The van der Waals surface area contributed by atoms with Gasteiger partial charge in [-0.3, -0.25) is 0 Å². The van der Waals surface area contributed by atoms with E-state index in [0.29, 0.717) is 5.56 Å². The van der Waals surface area contributed by atoms with Crippen LogP contribution in [0.15, 0.2) is 23.1 Å². The van der Waals surface area contributed by atoms with E-state index >= 15 is 0 Å². The largest absolute Gasteiger partial charge is 0.478 e. The zero-order valence-corrected chi connectivity index (χ0v) is 9.35. The van der Waals surface area contributed by atoms with Crippen LogP contribution in [0.1, 0.15) is 10.4 Å². The van der Waals surface area contributed by atoms with Crippen LogP contribution in [0.3, 0.4) is 0 Å². The lowest BCUT2D eigenvalue weighted by Gasteiger charge is -2.00. The van der Waals surface area contributed by atoms with E-state index in [0.717, 1.165) is 8.47 Å². The van der Waals surface area contributed by atoms with Gasteiger partial charge in [-0.1, -0.05) is 0 Å². The van der Waals surface area contributed by atoms with Crippen molar-refractivity contribution in [3.63, 3.8) is 0 Å². The molecule has 2 nitrogen and oxygen atoms in total. The van der Waals surface area contributed by atoms with Crippen LogP contribution in [0.25, 0.3) is 0 Å². The predicted molar refractivity (Wildman–Crippen MR) is 57.9 cm³/mol. The summed E-state index contributed by atoms with van der Waals surface area (Å²) in [6.45, 7) is 0. The van der Waals surface area contributed by atoms with Crippen molar-refractivity contribution in [2.45, 2.75) is 4.90 Å². The average molecular weight is 294 g/mol. The molecule has 0 saturated heterocycles. The Hall–Kier alpha value is -0.230. The van der Waals surface area contributed by atoms with E-state index in [1.807, 2.05) is 41.0 Å². The van der Waals surface area contributed by atoms with Crippen LogP contribution in [-0.2, 0) is 0 Å². The van der Waals surface area contributed by atoms with E-state index < -0.39 is 5.97 Å². The molecule has 0 radical (unpaired) electrons. The quantitative estimate of drug-likeness (QED) is 0.673. The summed E-state index contributed by atoms with van der Waals surface area (Å²) >= 11 is 3.64. The molecular weight excluding hydrogens is 287 g/mol. The lowest BCUT2D eigenvalue weighted by molar-refractivity contribution is 0.0695. The fourth-order valence-electron chi connectivity index (χ4n) is 0.796. The third kappa shape index (κ3) is 2.13. The van der Waals surface area contributed by atoms with Gasteiger partial charge in [0.2, 0.25) is 0 Å². The summed E-state index contributed by atoms with van der Waals surface area (Å²) in [5, 5.41) is 8.72. The Labute approximate surface area is 88.5 Å². The number of carboxylic acid groups (broad SMARTS) is 1. The van der Waals surface area contributed by atoms with Gasteiger partial charge in [-0.15, -0.1) is 11.8 Å². The molecule has 4 heteroatoms. The minimum Gasteiger partial charge on any atom is -0.478 e. The van der Waals surface area contributed by atoms with Gasteiger partial charge in [-0.2, -0.15) is 0 Å². The maximum Gasteiger partial charge on any atom is 0.336 e. The van der Waals surface area contributed by atoms with Crippen molar-refractivity contribution in [2.75, 3.05) is 6.26 Å². The first kappa shape index (κ1) is 9.85. The summed E-state index contributed by atoms with van der Waals surface area (Å²) in [5.41, 5.74) is 0.369. The summed E-state index contributed by atoms with van der Waals surface area (Å²) in [7, 11) is 0. The number of halogens is 1. The molecule has 0 spiro atoms. The third-order valence-corrected chi connectivity index (χ3v) is 3.02. The number of rotatable bonds is 2. The number of benzene rings is 1. The van der Waals surface area contributed by atoms with E-state index in [9.17, 15) is 4.79 Å². The standard InChI is InChI=1S/C8H7IO2S/c1-12-5-2-3-6(8(10)11)7(9)4-5/h2-4H,1H3,(H,10,11). The molecule has 0 unspecified atom stereocenters. The Kier molecular flexibility index (Phi) is 3.39. The molecule has 0 aromatic heterocycles. The molecular formula is C8H7IO2S. The fraction of sp³-hybridized carbons (Fsp3) is 0.125. The molecule has 12 heavy (non-hydrogen) atoms. The number of thioether (sulfide) groups is 1. The van der Waals surface area contributed by atoms with Crippen LogP contribution >= 0.6 is 34.4 Å². The first-order valence-electron chi connectivity index (χ1n) is 3.22. The van der Waals surface area contributed by atoms with Crippen LogP contribution < -0.4 is 0 Å². The van der Waals surface area contributed by atoms with Gasteiger partial charge in [0.15, 0.2) is 0 Å². The second kappa shape index (κ2) is 4.13. The van der Waals surface area contributed by atoms with Crippen molar-refractivity contribution >= 4 is 40.3 Å². The van der Waals surface area contributed by atoms with Crippen LogP contribution in [-0.4, -0.2) is 17.3 Å². The van der Waals surface area contributed by atoms with Crippen molar-refractivity contribution in [1.82, 2.24) is 0 Å². The zero-order valence-electron chi connectivity index (χ0n) is 6.37. The fourth-order valence-corrected chi connectivity index (χ4v) is 2.19. The molecule has 0 saturated carbocycles. The van der Waals surface area contributed by atoms with Crippen LogP contribution in [0.4, 0.5) is 0 Å². The second-order valence-electron chi connectivity index (χ2n) is 2.15. The Morgan fingerprint density at radius 3 is 2.67 bits per heavy atom. The number of carboxylic acids is 1. The molecule has 1 rings (SSSR count). The molecule has 1 aromatic carbocycles. The van der Waals surface area contributed by atoms with Crippen molar-refractivity contribution in [2.24, 2.45) is 0 Å².